The van der Waals surface area contributed by atoms with Crippen LogP contribution < -0.4 is 10.0 Å². The Morgan fingerprint density at radius 2 is 1.73 bits per heavy atom. The third-order valence-electron chi connectivity index (χ3n) is 3.94. The van der Waals surface area contributed by atoms with E-state index < -0.39 is 19.9 Å². The van der Waals surface area contributed by atoms with Crippen molar-refractivity contribution in [1.82, 2.24) is 10.0 Å². The molecule has 1 aliphatic heterocycles. The molecule has 6 nitrogen and oxygen atoms in total. The van der Waals surface area contributed by atoms with Gasteiger partial charge in [0.15, 0.2) is 9.84 Å². The fraction of sp³-hybridized carbons (Fsp3) is 0.571. The summed E-state index contributed by atoms with van der Waals surface area (Å²) in [5, 5.41) is 3.27. The van der Waals surface area contributed by atoms with Gasteiger partial charge in [-0.1, -0.05) is 6.92 Å². The molecule has 0 saturated carbocycles. The van der Waals surface area contributed by atoms with Crippen LogP contribution >= 0.6 is 0 Å². The molecule has 1 atom stereocenters. The van der Waals surface area contributed by atoms with Gasteiger partial charge in [0.25, 0.3) is 0 Å². The predicted molar refractivity (Wildman–Crippen MR) is 85.0 cm³/mol. The van der Waals surface area contributed by atoms with Crippen LogP contribution in [0, 0.1) is 5.41 Å². The highest BCUT2D eigenvalue weighted by Crippen LogP contribution is 2.25. The molecule has 0 radical (unpaired) electrons. The summed E-state index contributed by atoms with van der Waals surface area (Å²) < 4.78 is 50.0. The fourth-order valence-corrected chi connectivity index (χ4v) is 4.32. The lowest BCUT2D eigenvalue weighted by atomic mass is 9.83. The van der Waals surface area contributed by atoms with Crippen LogP contribution in [0.1, 0.15) is 19.8 Å². The molecule has 1 aliphatic rings. The van der Waals surface area contributed by atoms with Gasteiger partial charge in [-0.05, 0) is 49.1 Å². The van der Waals surface area contributed by atoms with E-state index in [9.17, 15) is 16.8 Å². The Morgan fingerprint density at radius 1 is 1.14 bits per heavy atom. The third-order valence-corrected chi connectivity index (χ3v) is 6.48. The molecule has 8 heteroatoms. The fourth-order valence-electron chi connectivity index (χ4n) is 2.49. The van der Waals surface area contributed by atoms with Crippen molar-refractivity contribution in [2.24, 2.45) is 5.41 Å². The zero-order chi connectivity index (χ0) is 16.4. The summed E-state index contributed by atoms with van der Waals surface area (Å²) in [7, 11) is -6.96. The van der Waals surface area contributed by atoms with Crippen LogP contribution in [-0.2, 0) is 19.9 Å². The number of sulfonamides is 1. The first-order valence-corrected chi connectivity index (χ1v) is 10.5. The van der Waals surface area contributed by atoms with Crippen LogP contribution in [0.25, 0.3) is 0 Å². The quantitative estimate of drug-likeness (QED) is 0.821. The molecule has 22 heavy (non-hydrogen) atoms. The van der Waals surface area contributed by atoms with Gasteiger partial charge >= 0.3 is 0 Å². The Balaban J connectivity index is 2.10. The predicted octanol–water partition coefficient (Wildman–Crippen LogP) is 0.758. The van der Waals surface area contributed by atoms with E-state index in [0.29, 0.717) is 6.54 Å². The number of piperidine rings is 1. The van der Waals surface area contributed by atoms with Crippen molar-refractivity contribution in [3.05, 3.63) is 24.3 Å². The Kier molecular flexibility index (Phi) is 4.96. The maximum Gasteiger partial charge on any atom is 0.240 e. The van der Waals surface area contributed by atoms with Crippen molar-refractivity contribution in [2.75, 3.05) is 25.9 Å². The first-order chi connectivity index (χ1) is 10.1. The van der Waals surface area contributed by atoms with Gasteiger partial charge in [0.2, 0.25) is 10.0 Å². The van der Waals surface area contributed by atoms with E-state index in [1.54, 1.807) is 0 Å². The van der Waals surface area contributed by atoms with Gasteiger partial charge < -0.3 is 5.32 Å². The smallest absolute Gasteiger partial charge is 0.240 e. The summed E-state index contributed by atoms with van der Waals surface area (Å²) in [5.74, 6) is 0. The second-order valence-corrected chi connectivity index (χ2v) is 9.94. The van der Waals surface area contributed by atoms with E-state index in [1.165, 1.54) is 24.3 Å². The van der Waals surface area contributed by atoms with Gasteiger partial charge in [0.05, 0.1) is 9.79 Å². The van der Waals surface area contributed by atoms with Crippen molar-refractivity contribution in [3.8, 4) is 0 Å². The number of hydrogen-bond acceptors (Lipinski definition) is 5. The average molecular weight is 346 g/mol. The van der Waals surface area contributed by atoms with Crippen molar-refractivity contribution < 1.29 is 16.8 Å². The minimum atomic E-state index is -3.63. The van der Waals surface area contributed by atoms with Gasteiger partial charge in [-0.2, -0.15) is 0 Å². The lowest BCUT2D eigenvalue weighted by molar-refractivity contribution is 0.238. The molecule has 1 fully saturated rings. The topological polar surface area (TPSA) is 92.3 Å². The Labute approximate surface area is 132 Å². The first kappa shape index (κ1) is 17.4. The molecular formula is C14H22N2O4S2. The summed E-state index contributed by atoms with van der Waals surface area (Å²) >= 11 is 0. The second-order valence-electron chi connectivity index (χ2n) is 6.16. The van der Waals surface area contributed by atoms with Gasteiger partial charge in [0.1, 0.15) is 0 Å². The maximum atomic E-state index is 12.3. The first-order valence-electron chi connectivity index (χ1n) is 7.13. The summed E-state index contributed by atoms with van der Waals surface area (Å²) in [6, 6.07) is 5.27. The SMILES string of the molecule is CC1(CNS(=O)(=O)c2ccc(S(C)(=O)=O)cc2)CCCNC1. The summed E-state index contributed by atoms with van der Waals surface area (Å²) in [4.78, 5) is 0.183. The maximum absolute atomic E-state index is 12.3. The summed E-state index contributed by atoms with van der Waals surface area (Å²) in [6.07, 6.45) is 3.09. The molecule has 1 heterocycles. The number of sulfone groups is 1. The molecule has 0 aliphatic carbocycles. The minimum absolute atomic E-state index is 0.0762. The molecule has 1 unspecified atom stereocenters. The molecule has 0 aromatic heterocycles. The van der Waals surface area contributed by atoms with Gasteiger partial charge in [-0.15, -0.1) is 0 Å². The van der Waals surface area contributed by atoms with Crippen LogP contribution in [-0.4, -0.2) is 42.7 Å². The molecule has 0 amide bonds. The van der Waals surface area contributed by atoms with Crippen molar-refractivity contribution in [1.29, 1.82) is 0 Å². The Morgan fingerprint density at radius 3 is 2.23 bits per heavy atom. The molecule has 124 valence electrons. The van der Waals surface area contributed by atoms with E-state index in [1.807, 2.05) is 0 Å². The molecule has 2 rings (SSSR count). The van der Waals surface area contributed by atoms with Crippen LogP contribution in [0.4, 0.5) is 0 Å². The third kappa shape index (κ3) is 4.28. The zero-order valence-electron chi connectivity index (χ0n) is 12.8. The number of benzene rings is 1. The normalized spacial score (nSPS) is 23.4. The molecular weight excluding hydrogens is 324 g/mol. The molecule has 1 aromatic rings. The van der Waals surface area contributed by atoms with E-state index in [0.717, 1.165) is 32.2 Å². The Bertz CT molecular complexity index is 719. The molecule has 2 N–H and O–H groups in total. The molecule has 1 aromatic carbocycles. The van der Waals surface area contributed by atoms with E-state index >= 15 is 0 Å². The number of nitrogens with one attached hydrogen (secondary N) is 2. The van der Waals surface area contributed by atoms with Crippen molar-refractivity contribution in [2.45, 2.75) is 29.6 Å². The molecule has 1 saturated heterocycles. The second kappa shape index (κ2) is 6.27. The van der Waals surface area contributed by atoms with Crippen LogP contribution in [0.2, 0.25) is 0 Å². The standard InChI is InChI=1S/C14H22N2O4S2/c1-14(8-3-9-15-10-14)11-16-22(19,20)13-6-4-12(5-7-13)21(2,17)18/h4-7,15-16H,3,8-11H2,1-2H3. The number of hydrogen-bond donors (Lipinski definition) is 2. The van der Waals surface area contributed by atoms with Gasteiger partial charge in [0, 0.05) is 19.3 Å². The average Bonchev–Trinajstić information content (AvgIpc) is 2.46. The van der Waals surface area contributed by atoms with Crippen LogP contribution in [0.3, 0.4) is 0 Å². The minimum Gasteiger partial charge on any atom is -0.316 e. The molecule has 0 bridgehead atoms. The summed E-state index contributed by atoms with van der Waals surface area (Å²) in [5.41, 5.74) is -0.0992. The monoisotopic (exact) mass is 346 g/mol. The van der Waals surface area contributed by atoms with Crippen molar-refractivity contribution in [3.63, 3.8) is 0 Å². The largest absolute Gasteiger partial charge is 0.316 e. The lowest BCUT2D eigenvalue weighted by Gasteiger charge is -2.34. The van der Waals surface area contributed by atoms with Crippen LogP contribution in [0.5, 0.6) is 0 Å². The van der Waals surface area contributed by atoms with Crippen molar-refractivity contribution >= 4 is 19.9 Å². The highest BCUT2D eigenvalue weighted by molar-refractivity contribution is 7.90. The van der Waals surface area contributed by atoms with Gasteiger partial charge in [-0.25, -0.2) is 21.6 Å². The van der Waals surface area contributed by atoms with Gasteiger partial charge in [-0.3, -0.25) is 0 Å². The lowest BCUT2D eigenvalue weighted by Crippen LogP contribution is -2.45. The highest BCUT2D eigenvalue weighted by atomic mass is 32.2. The van der Waals surface area contributed by atoms with Crippen LogP contribution in [0.15, 0.2) is 34.1 Å². The number of rotatable bonds is 5. The zero-order valence-corrected chi connectivity index (χ0v) is 14.4. The van der Waals surface area contributed by atoms with E-state index in [2.05, 4.69) is 17.0 Å². The van der Waals surface area contributed by atoms with E-state index in [-0.39, 0.29) is 15.2 Å². The Hall–Kier alpha value is -0.960. The highest BCUT2D eigenvalue weighted by Gasteiger charge is 2.28. The molecule has 0 spiro atoms. The summed E-state index contributed by atoms with van der Waals surface area (Å²) in [6.45, 7) is 4.16. The van der Waals surface area contributed by atoms with E-state index in [4.69, 9.17) is 0 Å².